The smallest absolute Gasteiger partial charge is 0.0294 e. The zero-order chi connectivity index (χ0) is 15.2. The summed E-state index contributed by atoms with van der Waals surface area (Å²) in [5.41, 5.74) is 2.89. The van der Waals surface area contributed by atoms with Crippen molar-refractivity contribution < 1.29 is 0 Å². The molecular weight excluding hydrogens is 256 g/mol. The van der Waals surface area contributed by atoms with Crippen molar-refractivity contribution in [2.75, 3.05) is 20.1 Å². The molecule has 1 N–H and O–H groups in total. The van der Waals surface area contributed by atoms with Gasteiger partial charge < -0.3 is 10.2 Å². The highest BCUT2D eigenvalue weighted by atomic mass is 15.1. The van der Waals surface area contributed by atoms with Gasteiger partial charge in [0.1, 0.15) is 0 Å². The zero-order valence-corrected chi connectivity index (χ0v) is 14.2. The van der Waals surface area contributed by atoms with E-state index in [0.29, 0.717) is 12.1 Å². The van der Waals surface area contributed by atoms with E-state index in [2.05, 4.69) is 62.3 Å². The molecule has 0 bridgehead atoms. The fraction of sp³-hybridized carbons (Fsp3) is 0.684. The summed E-state index contributed by atoms with van der Waals surface area (Å²) in [6.07, 6.45) is 5.04. The Balaban J connectivity index is 1.89. The first kappa shape index (κ1) is 16.5. The molecule has 0 spiro atoms. The minimum absolute atomic E-state index is 0.445. The quantitative estimate of drug-likeness (QED) is 0.850. The topological polar surface area (TPSA) is 15.3 Å². The van der Waals surface area contributed by atoms with E-state index in [9.17, 15) is 0 Å². The molecule has 2 rings (SSSR count). The van der Waals surface area contributed by atoms with E-state index in [1.54, 1.807) is 0 Å². The van der Waals surface area contributed by atoms with Crippen molar-refractivity contribution in [2.45, 2.75) is 58.5 Å². The van der Waals surface area contributed by atoms with Crippen LogP contribution in [0.1, 0.15) is 57.2 Å². The Morgan fingerprint density at radius 3 is 2.62 bits per heavy atom. The van der Waals surface area contributed by atoms with Crippen LogP contribution in [0, 0.1) is 5.92 Å². The first-order chi connectivity index (χ1) is 10.1. The van der Waals surface area contributed by atoms with Crippen LogP contribution in [0.4, 0.5) is 0 Å². The Morgan fingerprint density at radius 2 is 2.00 bits per heavy atom. The van der Waals surface area contributed by atoms with E-state index >= 15 is 0 Å². The lowest BCUT2D eigenvalue weighted by Gasteiger charge is -2.37. The second-order valence-corrected chi connectivity index (χ2v) is 6.87. The minimum Gasteiger partial charge on any atom is -0.307 e. The number of hydrogen-bond donors (Lipinski definition) is 1. The van der Waals surface area contributed by atoms with E-state index in [1.807, 2.05) is 0 Å². The molecule has 21 heavy (non-hydrogen) atoms. The lowest BCUT2D eigenvalue weighted by Crippen LogP contribution is -2.47. The maximum atomic E-state index is 3.84. The molecule has 1 aromatic carbocycles. The number of nitrogens with zero attached hydrogens (tertiary/aromatic N) is 1. The highest BCUT2D eigenvalue weighted by Crippen LogP contribution is 2.21. The van der Waals surface area contributed by atoms with E-state index in [-0.39, 0.29) is 0 Å². The maximum Gasteiger partial charge on any atom is 0.0294 e. The maximum absolute atomic E-state index is 3.84. The molecular formula is C19H32N2. The predicted octanol–water partition coefficient (Wildman–Crippen LogP) is 4.02. The average molecular weight is 288 g/mol. The molecule has 118 valence electrons. The Hall–Kier alpha value is -0.860. The van der Waals surface area contributed by atoms with Gasteiger partial charge in [-0.2, -0.15) is 0 Å². The van der Waals surface area contributed by atoms with E-state index < -0.39 is 0 Å². The summed E-state index contributed by atoms with van der Waals surface area (Å²) in [6.45, 7) is 9.34. The van der Waals surface area contributed by atoms with Crippen molar-refractivity contribution in [3.63, 3.8) is 0 Å². The van der Waals surface area contributed by atoms with Crippen molar-refractivity contribution in [1.29, 1.82) is 0 Å². The van der Waals surface area contributed by atoms with Crippen molar-refractivity contribution in [3.05, 3.63) is 35.4 Å². The SMILES string of the molecule is CCCCc1ccc(C(C)NC2CCN(C)CC2C)cc1. The van der Waals surface area contributed by atoms with Gasteiger partial charge in [0.15, 0.2) is 0 Å². The number of aryl methyl sites for hydroxylation is 1. The molecule has 0 radical (unpaired) electrons. The Kier molecular flexibility index (Phi) is 6.25. The van der Waals surface area contributed by atoms with Crippen LogP contribution in [0.3, 0.4) is 0 Å². The van der Waals surface area contributed by atoms with Crippen molar-refractivity contribution >= 4 is 0 Å². The second-order valence-electron chi connectivity index (χ2n) is 6.87. The molecule has 0 saturated carbocycles. The highest BCUT2D eigenvalue weighted by molar-refractivity contribution is 5.25. The van der Waals surface area contributed by atoms with Gasteiger partial charge in [0, 0.05) is 18.6 Å². The second kappa shape index (κ2) is 7.95. The van der Waals surface area contributed by atoms with Gasteiger partial charge in [-0.15, -0.1) is 0 Å². The largest absolute Gasteiger partial charge is 0.307 e. The predicted molar refractivity (Wildman–Crippen MR) is 91.7 cm³/mol. The van der Waals surface area contributed by atoms with Crippen LogP contribution in [0.15, 0.2) is 24.3 Å². The summed E-state index contributed by atoms with van der Waals surface area (Å²) >= 11 is 0. The molecule has 1 aliphatic heterocycles. The number of hydrogen-bond acceptors (Lipinski definition) is 2. The summed E-state index contributed by atoms with van der Waals surface area (Å²) in [6, 6.07) is 10.3. The first-order valence-corrected chi connectivity index (χ1v) is 8.63. The third kappa shape index (κ3) is 4.82. The van der Waals surface area contributed by atoms with Crippen LogP contribution >= 0.6 is 0 Å². The summed E-state index contributed by atoms with van der Waals surface area (Å²) in [5, 5.41) is 3.84. The number of nitrogens with one attached hydrogen (secondary N) is 1. The number of unbranched alkanes of at least 4 members (excludes halogenated alkanes) is 1. The Labute approximate surface area is 130 Å². The molecule has 1 aliphatic rings. The molecule has 0 amide bonds. The zero-order valence-electron chi connectivity index (χ0n) is 14.2. The molecule has 3 atom stereocenters. The summed E-state index contributed by atoms with van der Waals surface area (Å²) in [4.78, 5) is 2.44. The van der Waals surface area contributed by atoms with Crippen LogP contribution in [-0.4, -0.2) is 31.1 Å². The molecule has 1 heterocycles. The highest BCUT2D eigenvalue weighted by Gasteiger charge is 2.25. The standard InChI is InChI=1S/C19H32N2/c1-5-6-7-17-8-10-18(11-9-17)16(3)20-19-12-13-21(4)14-15(19)2/h8-11,15-16,19-20H,5-7,12-14H2,1-4H3. The summed E-state index contributed by atoms with van der Waals surface area (Å²) in [7, 11) is 2.23. The normalized spacial score (nSPS) is 25.0. The van der Waals surface area contributed by atoms with Crippen LogP contribution < -0.4 is 5.32 Å². The molecule has 1 saturated heterocycles. The number of piperidine rings is 1. The van der Waals surface area contributed by atoms with Crippen LogP contribution in [0.2, 0.25) is 0 Å². The van der Waals surface area contributed by atoms with Crippen molar-refractivity contribution in [3.8, 4) is 0 Å². The van der Waals surface area contributed by atoms with E-state index in [0.717, 1.165) is 5.92 Å². The van der Waals surface area contributed by atoms with Gasteiger partial charge in [0.05, 0.1) is 0 Å². The third-order valence-corrected chi connectivity index (χ3v) is 4.87. The molecule has 2 heteroatoms. The fourth-order valence-corrected chi connectivity index (χ4v) is 3.37. The van der Waals surface area contributed by atoms with Gasteiger partial charge in [0.2, 0.25) is 0 Å². The van der Waals surface area contributed by atoms with Crippen molar-refractivity contribution in [2.24, 2.45) is 5.92 Å². The molecule has 2 nitrogen and oxygen atoms in total. The van der Waals surface area contributed by atoms with Crippen LogP contribution in [0.5, 0.6) is 0 Å². The molecule has 1 aromatic rings. The van der Waals surface area contributed by atoms with Crippen molar-refractivity contribution in [1.82, 2.24) is 10.2 Å². The molecule has 0 aliphatic carbocycles. The van der Waals surface area contributed by atoms with Gasteiger partial charge in [-0.1, -0.05) is 44.5 Å². The molecule has 1 fully saturated rings. The first-order valence-electron chi connectivity index (χ1n) is 8.63. The number of rotatable bonds is 6. The molecule has 3 unspecified atom stereocenters. The van der Waals surface area contributed by atoms with Gasteiger partial charge in [-0.3, -0.25) is 0 Å². The average Bonchev–Trinajstić information content (AvgIpc) is 2.48. The lowest BCUT2D eigenvalue weighted by molar-refractivity contribution is 0.168. The Bertz CT molecular complexity index is 412. The Morgan fingerprint density at radius 1 is 1.29 bits per heavy atom. The van der Waals surface area contributed by atoms with Gasteiger partial charge in [-0.05, 0) is 56.8 Å². The van der Waals surface area contributed by atoms with Gasteiger partial charge in [0.25, 0.3) is 0 Å². The minimum atomic E-state index is 0.445. The third-order valence-electron chi connectivity index (χ3n) is 4.87. The van der Waals surface area contributed by atoms with E-state index in [4.69, 9.17) is 0 Å². The lowest BCUT2D eigenvalue weighted by atomic mass is 9.92. The van der Waals surface area contributed by atoms with Crippen LogP contribution in [-0.2, 0) is 6.42 Å². The van der Waals surface area contributed by atoms with E-state index in [1.165, 1.54) is 49.9 Å². The van der Waals surface area contributed by atoms with Crippen LogP contribution in [0.25, 0.3) is 0 Å². The molecule has 0 aromatic heterocycles. The summed E-state index contributed by atoms with van der Waals surface area (Å²) < 4.78 is 0. The fourth-order valence-electron chi connectivity index (χ4n) is 3.37. The summed E-state index contributed by atoms with van der Waals surface area (Å²) in [5.74, 6) is 0.732. The van der Waals surface area contributed by atoms with Gasteiger partial charge >= 0.3 is 0 Å². The number of benzene rings is 1. The number of likely N-dealkylation sites (tertiary alicyclic amines) is 1. The monoisotopic (exact) mass is 288 g/mol. The van der Waals surface area contributed by atoms with Gasteiger partial charge in [-0.25, -0.2) is 0 Å².